The maximum atomic E-state index is 13.6. The zero-order chi connectivity index (χ0) is 28.1. The highest BCUT2D eigenvalue weighted by Crippen LogP contribution is 2.32. The van der Waals surface area contributed by atoms with Crippen molar-refractivity contribution in [1.82, 2.24) is 4.98 Å². The molecule has 40 heavy (non-hydrogen) atoms. The summed E-state index contributed by atoms with van der Waals surface area (Å²) in [5.74, 6) is 0.0567. The van der Waals surface area contributed by atoms with Crippen molar-refractivity contribution in [3.63, 3.8) is 0 Å². The van der Waals surface area contributed by atoms with Crippen LogP contribution >= 0.6 is 11.3 Å². The molecule has 2 heterocycles. The van der Waals surface area contributed by atoms with Crippen LogP contribution in [0.4, 0.5) is 10.8 Å². The fourth-order valence-electron chi connectivity index (χ4n) is 4.36. The Hall–Kier alpha value is -3.80. The molecule has 0 bridgehead atoms. The van der Waals surface area contributed by atoms with Crippen molar-refractivity contribution in [2.45, 2.75) is 17.9 Å². The largest absolute Gasteiger partial charge is 0.476 e. The molecule has 1 N–H and O–H groups in total. The van der Waals surface area contributed by atoms with Gasteiger partial charge in [0.2, 0.25) is 6.10 Å². The summed E-state index contributed by atoms with van der Waals surface area (Å²) in [4.78, 5) is 24.7. The number of fused-ring (bicyclic) bond motifs is 1. The molecule has 1 aliphatic heterocycles. The number of ether oxygens (including phenoxy) is 2. The van der Waals surface area contributed by atoms with E-state index in [1.807, 2.05) is 24.3 Å². The van der Waals surface area contributed by atoms with E-state index in [-0.39, 0.29) is 10.6 Å². The number of thiazole rings is 1. The van der Waals surface area contributed by atoms with E-state index in [0.29, 0.717) is 29.7 Å². The fourth-order valence-corrected chi connectivity index (χ4v) is 6.15. The predicted molar refractivity (Wildman–Crippen MR) is 159 cm³/mol. The molecule has 1 saturated heterocycles. The fraction of sp³-hybridized carbons (Fsp3) is 0.276. The van der Waals surface area contributed by atoms with Gasteiger partial charge in [-0.15, -0.1) is 0 Å². The van der Waals surface area contributed by atoms with E-state index in [1.165, 1.54) is 23.5 Å². The number of anilines is 2. The van der Waals surface area contributed by atoms with Crippen LogP contribution in [0.2, 0.25) is 0 Å². The minimum absolute atomic E-state index is 0.00890. The third kappa shape index (κ3) is 6.33. The summed E-state index contributed by atoms with van der Waals surface area (Å²) in [7, 11) is -1.68. The minimum Gasteiger partial charge on any atom is -0.476 e. The number of aromatic nitrogens is 1. The maximum absolute atomic E-state index is 13.6. The average Bonchev–Trinajstić information content (AvgIpc) is 3.39. The van der Waals surface area contributed by atoms with Gasteiger partial charge in [-0.3, -0.25) is 15.1 Å². The van der Waals surface area contributed by atoms with Crippen LogP contribution in [0, 0.1) is 0 Å². The number of sulfone groups is 1. The molecule has 1 aliphatic rings. The zero-order valence-electron chi connectivity index (χ0n) is 22.2. The zero-order valence-corrected chi connectivity index (χ0v) is 23.9. The van der Waals surface area contributed by atoms with E-state index < -0.39 is 21.8 Å². The van der Waals surface area contributed by atoms with Crippen molar-refractivity contribution in [3.8, 4) is 5.75 Å². The van der Waals surface area contributed by atoms with E-state index in [2.05, 4.69) is 26.3 Å². The molecule has 1 aromatic heterocycles. The summed E-state index contributed by atoms with van der Waals surface area (Å²) >= 11 is 1.39. The lowest BCUT2D eigenvalue weighted by atomic mass is 10.1. The molecule has 0 radical (unpaired) electrons. The Labute approximate surface area is 237 Å². The lowest BCUT2D eigenvalue weighted by molar-refractivity contribution is -0.123. The number of amides is 1. The average molecular weight is 579 g/mol. The Morgan fingerprint density at radius 3 is 2.52 bits per heavy atom. The highest BCUT2D eigenvalue weighted by atomic mass is 32.2. The maximum Gasteiger partial charge on any atom is 0.271 e. The van der Waals surface area contributed by atoms with E-state index in [0.717, 1.165) is 34.6 Å². The van der Waals surface area contributed by atoms with Crippen LogP contribution in [0.3, 0.4) is 0 Å². The topological polar surface area (TPSA) is 110 Å². The predicted octanol–water partition coefficient (Wildman–Crippen LogP) is 4.73. The standard InChI is InChI=1S/C29H30N4O5S2/c1-3-40(35,36)24-11-6-21(7-12-24)27(38-23-9-4-20(5-10-23)19-30-2)28(34)32-29-31-25-13-8-22(18-26(25)39-29)33-14-16-37-17-15-33/h4-13,18-19,27H,3,14-17H2,1-2H3,(H,31,32,34). The van der Waals surface area contributed by atoms with Gasteiger partial charge in [0.25, 0.3) is 5.91 Å². The van der Waals surface area contributed by atoms with Gasteiger partial charge in [-0.05, 0) is 60.2 Å². The van der Waals surface area contributed by atoms with Crippen LogP contribution in [-0.4, -0.2) is 64.6 Å². The van der Waals surface area contributed by atoms with Crippen molar-refractivity contribution >= 4 is 54.3 Å². The third-order valence-corrected chi connectivity index (χ3v) is 9.23. The summed E-state index contributed by atoms with van der Waals surface area (Å²) in [6.45, 7) is 4.65. The van der Waals surface area contributed by atoms with E-state index in [1.54, 1.807) is 44.5 Å². The number of rotatable bonds is 9. The second-order valence-electron chi connectivity index (χ2n) is 9.19. The number of benzene rings is 3. The molecule has 1 amide bonds. The number of aliphatic imine (C=N–C) groups is 1. The van der Waals surface area contributed by atoms with Crippen LogP contribution in [0.25, 0.3) is 10.2 Å². The van der Waals surface area contributed by atoms with Crippen molar-refractivity contribution < 1.29 is 22.7 Å². The molecule has 5 rings (SSSR count). The number of carbonyl (C=O) groups excluding carboxylic acids is 1. The first-order chi connectivity index (χ1) is 19.4. The number of hydrogen-bond donors (Lipinski definition) is 1. The molecule has 4 aromatic rings. The van der Waals surface area contributed by atoms with Gasteiger partial charge < -0.3 is 14.4 Å². The Bertz CT molecular complexity index is 1610. The number of nitrogens with zero attached hydrogens (tertiary/aromatic N) is 3. The molecule has 3 aromatic carbocycles. The molecule has 1 fully saturated rings. The van der Waals surface area contributed by atoms with Crippen LogP contribution in [-0.2, 0) is 19.4 Å². The quantitative estimate of drug-likeness (QED) is 0.286. The Kier molecular flexibility index (Phi) is 8.43. The monoisotopic (exact) mass is 578 g/mol. The highest BCUT2D eigenvalue weighted by molar-refractivity contribution is 7.91. The van der Waals surface area contributed by atoms with E-state index >= 15 is 0 Å². The van der Waals surface area contributed by atoms with Gasteiger partial charge in [-0.25, -0.2) is 13.4 Å². The van der Waals surface area contributed by atoms with E-state index in [4.69, 9.17) is 9.47 Å². The van der Waals surface area contributed by atoms with Gasteiger partial charge in [0.05, 0.1) is 34.1 Å². The van der Waals surface area contributed by atoms with Crippen molar-refractivity contribution in [2.75, 3.05) is 49.3 Å². The summed E-state index contributed by atoms with van der Waals surface area (Å²) in [5.41, 5.74) is 3.30. The van der Waals surface area contributed by atoms with Crippen LogP contribution in [0.1, 0.15) is 24.2 Å². The van der Waals surface area contributed by atoms with Crippen LogP contribution < -0.4 is 15.0 Å². The lowest BCUT2D eigenvalue weighted by Gasteiger charge is -2.28. The van der Waals surface area contributed by atoms with Crippen molar-refractivity contribution in [2.24, 2.45) is 4.99 Å². The Balaban J connectivity index is 1.40. The van der Waals surface area contributed by atoms with Crippen molar-refractivity contribution in [1.29, 1.82) is 0 Å². The highest BCUT2D eigenvalue weighted by Gasteiger charge is 2.25. The molecule has 1 unspecified atom stereocenters. The summed E-state index contributed by atoms with van der Waals surface area (Å²) in [5, 5.41) is 3.36. The second kappa shape index (κ2) is 12.2. The summed E-state index contributed by atoms with van der Waals surface area (Å²) < 4.78 is 37.2. The van der Waals surface area contributed by atoms with Gasteiger partial charge in [0.15, 0.2) is 15.0 Å². The van der Waals surface area contributed by atoms with Gasteiger partial charge in [-0.2, -0.15) is 0 Å². The first kappa shape index (κ1) is 27.8. The van der Waals surface area contributed by atoms with E-state index in [9.17, 15) is 13.2 Å². The molecular formula is C29H30N4O5S2. The number of carbonyl (C=O) groups is 1. The molecule has 208 valence electrons. The minimum atomic E-state index is -3.38. The van der Waals surface area contributed by atoms with Gasteiger partial charge in [-0.1, -0.05) is 30.4 Å². The van der Waals surface area contributed by atoms with Gasteiger partial charge >= 0.3 is 0 Å². The molecule has 0 saturated carbocycles. The summed E-state index contributed by atoms with van der Waals surface area (Å²) in [6.07, 6.45) is 0.679. The molecule has 1 atom stereocenters. The van der Waals surface area contributed by atoms with Gasteiger partial charge in [0, 0.05) is 37.6 Å². The lowest BCUT2D eigenvalue weighted by Crippen LogP contribution is -2.36. The SMILES string of the molecule is CCS(=O)(=O)c1ccc(C(Oc2ccc(C=NC)cc2)C(=O)Nc2nc3ccc(N4CCOCC4)cc3s2)cc1. The number of nitrogens with one attached hydrogen (secondary N) is 1. The van der Waals surface area contributed by atoms with Crippen LogP contribution in [0.5, 0.6) is 5.75 Å². The molecular weight excluding hydrogens is 548 g/mol. The molecule has 0 aliphatic carbocycles. The Morgan fingerprint density at radius 1 is 1.12 bits per heavy atom. The normalized spacial score (nSPS) is 14.9. The number of hydrogen-bond acceptors (Lipinski definition) is 9. The molecule has 0 spiro atoms. The van der Waals surface area contributed by atoms with Crippen LogP contribution in [0.15, 0.2) is 76.6 Å². The molecule has 9 nitrogen and oxygen atoms in total. The first-order valence-electron chi connectivity index (χ1n) is 12.9. The first-order valence-corrected chi connectivity index (χ1v) is 15.4. The smallest absolute Gasteiger partial charge is 0.271 e. The van der Waals surface area contributed by atoms with Crippen molar-refractivity contribution in [3.05, 3.63) is 77.9 Å². The third-order valence-electron chi connectivity index (χ3n) is 6.55. The Morgan fingerprint density at radius 2 is 1.85 bits per heavy atom. The number of morpholine rings is 1. The molecule has 11 heteroatoms. The van der Waals surface area contributed by atoms with Gasteiger partial charge in [0.1, 0.15) is 5.75 Å². The second-order valence-corrected chi connectivity index (χ2v) is 12.5. The summed E-state index contributed by atoms with van der Waals surface area (Å²) in [6, 6.07) is 19.5.